The van der Waals surface area contributed by atoms with Gasteiger partial charge in [-0.25, -0.2) is 0 Å². The normalized spacial score (nSPS) is 23.1. The summed E-state index contributed by atoms with van der Waals surface area (Å²) in [6.45, 7) is 6.32. The van der Waals surface area contributed by atoms with Crippen molar-refractivity contribution in [2.45, 2.75) is 31.6 Å². The lowest BCUT2D eigenvalue weighted by Gasteiger charge is -2.37. The minimum absolute atomic E-state index is 0.0589. The molecule has 6 heteroatoms. The molecule has 0 spiro atoms. The van der Waals surface area contributed by atoms with Crippen molar-refractivity contribution in [2.75, 3.05) is 26.2 Å². The molecule has 1 N–H and O–H groups in total. The summed E-state index contributed by atoms with van der Waals surface area (Å²) in [5.41, 5.74) is 1.16. The average Bonchev–Trinajstić information content (AvgIpc) is 3.11. The van der Waals surface area contributed by atoms with Crippen LogP contribution < -0.4 is 0 Å². The molecule has 0 aliphatic carbocycles. The molecule has 0 radical (unpaired) electrons. The molecule has 0 bridgehead atoms. The third kappa shape index (κ3) is 3.46. The number of H-pyrrole nitrogens is 1. The Morgan fingerprint density at radius 3 is 2.83 bits per heavy atom. The van der Waals surface area contributed by atoms with E-state index < -0.39 is 0 Å². The van der Waals surface area contributed by atoms with E-state index in [1.165, 1.54) is 0 Å². The van der Waals surface area contributed by atoms with Crippen LogP contribution in [0.1, 0.15) is 37.3 Å². The number of carbonyl (C=O) groups is 2. The fourth-order valence-electron chi connectivity index (χ4n) is 3.61. The van der Waals surface area contributed by atoms with Gasteiger partial charge in [-0.1, -0.05) is 6.08 Å². The molecule has 2 amide bonds. The van der Waals surface area contributed by atoms with Crippen LogP contribution in [0.2, 0.25) is 0 Å². The molecule has 1 aromatic heterocycles. The number of piperidine rings is 2. The van der Waals surface area contributed by atoms with Gasteiger partial charge in [-0.2, -0.15) is 5.10 Å². The Labute approximate surface area is 136 Å². The van der Waals surface area contributed by atoms with Crippen LogP contribution in [0.5, 0.6) is 0 Å². The summed E-state index contributed by atoms with van der Waals surface area (Å²) in [7, 11) is 0. The Bertz CT molecular complexity index is 561. The van der Waals surface area contributed by atoms with Crippen LogP contribution in [0.15, 0.2) is 24.9 Å². The number of amides is 2. The van der Waals surface area contributed by atoms with Crippen LogP contribution in [0, 0.1) is 5.92 Å². The summed E-state index contributed by atoms with van der Waals surface area (Å²) in [6, 6.07) is 2.02. The summed E-state index contributed by atoms with van der Waals surface area (Å²) in [5.74, 6) is 0.740. The number of aromatic amines is 1. The van der Waals surface area contributed by atoms with E-state index in [-0.39, 0.29) is 17.7 Å². The van der Waals surface area contributed by atoms with Gasteiger partial charge in [0, 0.05) is 50.4 Å². The summed E-state index contributed by atoms with van der Waals surface area (Å²) in [4.78, 5) is 28.3. The highest BCUT2D eigenvalue weighted by molar-refractivity contribution is 5.84. The molecule has 3 heterocycles. The highest BCUT2D eigenvalue weighted by Gasteiger charge is 2.34. The van der Waals surface area contributed by atoms with Gasteiger partial charge < -0.3 is 9.80 Å². The van der Waals surface area contributed by atoms with Gasteiger partial charge >= 0.3 is 0 Å². The van der Waals surface area contributed by atoms with Crippen molar-refractivity contribution < 1.29 is 9.59 Å². The number of nitrogens with zero attached hydrogens (tertiary/aromatic N) is 3. The maximum atomic E-state index is 12.7. The van der Waals surface area contributed by atoms with Crippen LogP contribution in [-0.2, 0) is 9.59 Å². The molecule has 2 fully saturated rings. The van der Waals surface area contributed by atoms with E-state index in [0.717, 1.165) is 31.6 Å². The minimum Gasteiger partial charge on any atom is -0.342 e. The predicted molar refractivity (Wildman–Crippen MR) is 86.6 cm³/mol. The first kappa shape index (κ1) is 15.8. The lowest BCUT2D eigenvalue weighted by Crippen LogP contribution is -2.48. The van der Waals surface area contributed by atoms with Gasteiger partial charge in [0.25, 0.3) is 0 Å². The van der Waals surface area contributed by atoms with Crippen LogP contribution in [0.3, 0.4) is 0 Å². The number of hydrogen-bond donors (Lipinski definition) is 1. The van der Waals surface area contributed by atoms with Gasteiger partial charge in [-0.05, 0) is 25.3 Å². The van der Waals surface area contributed by atoms with Crippen molar-refractivity contribution in [3.8, 4) is 0 Å². The Balaban J connectivity index is 1.55. The van der Waals surface area contributed by atoms with Crippen LogP contribution in [0.4, 0.5) is 0 Å². The highest BCUT2D eigenvalue weighted by Crippen LogP contribution is 2.28. The van der Waals surface area contributed by atoms with E-state index >= 15 is 0 Å². The SMILES string of the molecule is C=CCN1C[C@@H](C(=O)N2CCC(c3ccn[nH]3)CC2)CCC1=O. The van der Waals surface area contributed by atoms with E-state index in [0.29, 0.717) is 31.8 Å². The second-order valence-corrected chi connectivity index (χ2v) is 6.43. The molecule has 2 aliphatic rings. The highest BCUT2D eigenvalue weighted by atomic mass is 16.2. The van der Waals surface area contributed by atoms with E-state index in [1.54, 1.807) is 17.2 Å². The fourth-order valence-corrected chi connectivity index (χ4v) is 3.61. The number of nitrogens with one attached hydrogen (secondary N) is 1. The Hall–Kier alpha value is -2.11. The number of rotatable bonds is 4. The Morgan fingerprint density at radius 2 is 2.17 bits per heavy atom. The van der Waals surface area contributed by atoms with E-state index in [4.69, 9.17) is 0 Å². The molecule has 3 rings (SSSR count). The Kier molecular flexibility index (Phi) is 4.79. The molecule has 2 aliphatic heterocycles. The van der Waals surface area contributed by atoms with Gasteiger partial charge in [-0.15, -0.1) is 6.58 Å². The molecule has 23 heavy (non-hydrogen) atoms. The molecule has 1 atom stereocenters. The van der Waals surface area contributed by atoms with E-state index in [2.05, 4.69) is 16.8 Å². The molecule has 1 aromatic rings. The quantitative estimate of drug-likeness (QED) is 0.857. The molecular weight excluding hydrogens is 292 g/mol. The van der Waals surface area contributed by atoms with Crippen LogP contribution in [0.25, 0.3) is 0 Å². The Morgan fingerprint density at radius 1 is 1.39 bits per heavy atom. The van der Waals surface area contributed by atoms with Gasteiger partial charge in [0.2, 0.25) is 11.8 Å². The van der Waals surface area contributed by atoms with Crippen LogP contribution in [-0.4, -0.2) is 58.0 Å². The van der Waals surface area contributed by atoms with Crippen LogP contribution >= 0.6 is 0 Å². The topological polar surface area (TPSA) is 69.3 Å². The fraction of sp³-hybridized carbons (Fsp3) is 0.588. The lowest BCUT2D eigenvalue weighted by atomic mass is 9.91. The van der Waals surface area contributed by atoms with Gasteiger partial charge in [0.05, 0.1) is 5.92 Å². The zero-order chi connectivity index (χ0) is 16.2. The molecule has 6 nitrogen and oxygen atoms in total. The van der Waals surface area contributed by atoms with Gasteiger partial charge in [0.1, 0.15) is 0 Å². The first-order chi connectivity index (χ1) is 11.2. The maximum absolute atomic E-state index is 12.7. The second-order valence-electron chi connectivity index (χ2n) is 6.43. The number of likely N-dealkylation sites (tertiary alicyclic amines) is 2. The first-order valence-electron chi connectivity index (χ1n) is 8.35. The van der Waals surface area contributed by atoms with E-state index in [1.807, 2.05) is 11.0 Å². The van der Waals surface area contributed by atoms with Crippen molar-refractivity contribution in [1.29, 1.82) is 0 Å². The van der Waals surface area contributed by atoms with Gasteiger partial charge in [-0.3, -0.25) is 14.7 Å². The third-order valence-electron chi connectivity index (χ3n) is 4.97. The summed E-state index contributed by atoms with van der Waals surface area (Å²) >= 11 is 0. The largest absolute Gasteiger partial charge is 0.342 e. The first-order valence-corrected chi connectivity index (χ1v) is 8.35. The average molecular weight is 316 g/mol. The van der Waals surface area contributed by atoms with E-state index in [9.17, 15) is 9.59 Å². The summed E-state index contributed by atoms with van der Waals surface area (Å²) in [6.07, 6.45) is 6.58. The van der Waals surface area contributed by atoms with Crippen molar-refractivity contribution in [2.24, 2.45) is 5.92 Å². The zero-order valence-electron chi connectivity index (χ0n) is 13.4. The predicted octanol–water partition coefficient (Wildman–Crippen LogP) is 1.54. The summed E-state index contributed by atoms with van der Waals surface area (Å²) in [5, 5.41) is 7.04. The molecule has 2 saturated heterocycles. The number of hydrogen-bond acceptors (Lipinski definition) is 3. The second kappa shape index (κ2) is 6.98. The molecule has 124 valence electrons. The third-order valence-corrected chi connectivity index (χ3v) is 4.97. The van der Waals surface area contributed by atoms with Crippen molar-refractivity contribution >= 4 is 11.8 Å². The molecule has 0 unspecified atom stereocenters. The number of aromatic nitrogens is 2. The molecular formula is C17H24N4O2. The van der Waals surface area contributed by atoms with Crippen molar-refractivity contribution in [3.05, 3.63) is 30.6 Å². The lowest BCUT2D eigenvalue weighted by molar-refractivity contribution is -0.143. The zero-order valence-corrected chi connectivity index (χ0v) is 13.4. The van der Waals surface area contributed by atoms with Crippen molar-refractivity contribution in [1.82, 2.24) is 20.0 Å². The van der Waals surface area contributed by atoms with Crippen molar-refractivity contribution in [3.63, 3.8) is 0 Å². The maximum Gasteiger partial charge on any atom is 0.227 e. The van der Waals surface area contributed by atoms with Gasteiger partial charge in [0.15, 0.2) is 0 Å². The minimum atomic E-state index is -0.0589. The summed E-state index contributed by atoms with van der Waals surface area (Å²) < 4.78 is 0. The smallest absolute Gasteiger partial charge is 0.227 e. The molecule has 0 aromatic carbocycles. The number of carbonyl (C=O) groups excluding carboxylic acids is 2. The molecule has 0 saturated carbocycles. The standard InChI is InChI=1S/C17H24N4O2/c1-2-9-21-12-14(3-4-16(21)22)17(23)20-10-6-13(7-11-20)15-5-8-18-19-15/h2,5,8,13-14H,1,3-4,6-7,9-12H2,(H,18,19)/t14-/m0/s1. The monoisotopic (exact) mass is 316 g/mol.